The molecule has 0 aromatic carbocycles. The number of hydrogen-bond acceptors (Lipinski definition) is 6. The lowest BCUT2D eigenvalue weighted by Crippen LogP contribution is -2.10. The average molecular weight is 285 g/mol. The predicted molar refractivity (Wildman–Crippen MR) is 82.6 cm³/mol. The minimum Gasteiger partial charge on any atom is -0.308 e. The summed E-state index contributed by atoms with van der Waals surface area (Å²) in [5.41, 5.74) is 4.36. The summed E-state index contributed by atoms with van der Waals surface area (Å²) in [6, 6.07) is 7.89. The highest BCUT2D eigenvalue weighted by Gasteiger charge is 2.12. The van der Waals surface area contributed by atoms with Gasteiger partial charge >= 0.3 is 0 Å². The number of nitrogen functional groups attached to an aromatic ring is 1. The number of aryl methyl sites for hydroxylation is 2. The largest absolute Gasteiger partial charge is 0.308 e. The number of thiophene rings is 1. The van der Waals surface area contributed by atoms with Crippen LogP contribution in [0.1, 0.15) is 17.5 Å². The molecule has 0 amide bonds. The molecule has 0 aliphatic heterocycles. The van der Waals surface area contributed by atoms with Crippen LogP contribution in [0.15, 0.2) is 24.3 Å². The quantitative estimate of drug-likeness (QED) is 0.571. The van der Waals surface area contributed by atoms with E-state index in [0.717, 1.165) is 28.0 Å². The Morgan fingerprint density at radius 3 is 2.80 bits per heavy atom. The molecule has 0 fully saturated rings. The first-order valence-corrected chi connectivity index (χ1v) is 7.24. The van der Waals surface area contributed by atoms with Crippen LogP contribution >= 0.6 is 11.3 Å². The molecule has 3 rings (SSSR count). The fraction of sp³-hybridized carbons (Fsp3) is 0.214. The molecule has 3 N–H and O–H groups in total. The van der Waals surface area contributed by atoms with Gasteiger partial charge in [-0.25, -0.2) is 20.8 Å². The highest BCUT2D eigenvalue weighted by atomic mass is 32.1. The number of nitrogens with two attached hydrogens (primary N) is 1. The summed E-state index contributed by atoms with van der Waals surface area (Å²) in [7, 11) is 0. The van der Waals surface area contributed by atoms with Gasteiger partial charge in [-0.3, -0.25) is 0 Å². The minimum absolute atomic E-state index is 0.596. The van der Waals surface area contributed by atoms with Crippen LogP contribution in [0.4, 0.5) is 5.82 Å². The van der Waals surface area contributed by atoms with Gasteiger partial charge in [-0.05, 0) is 31.5 Å². The second kappa shape index (κ2) is 5.15. The van der Waals surface area contributed by atoms with E-state index in [0.29, 0.717) is 11.6 Å². The van der Waals surface area contributed by atoms with E-state index in [-0.39, 0.29) is 0 Å². The molecule has 3 heterocycles. The molecule has 0 saturated heterocycles. The van der Waals surface area contributed by atoms with Gasteiger partial charge in [0.15, 0.2) is 11.6 Å². The number of aromatic nitrogens is 3. The fourth-order valence-corrected chi connectivity index (χ4v) is 3.00. The second-order valence-electron chi connectivity index (χ2n) is 4.49. The van der Waals surface area contributed by atoms with Crippen molar-refractivity contribution in [2.45, 2.75) is 20.3 Å². The molecule has 6 heteroatoms. The number of fused-ring (bicyclic) bond motifs is 1. The maximum Gasteiger partial charge on any atom is 0.181 e. The zero-order chi connectivity index (χ0) is 14.1. The first-order valence-electron chi connectivity index (χ1n) is 6.42. The molecule has 0 bridgehead atoms. The number of rotatable bonds is 3. The topological polar surface area (TPSA) is 76.7 Å². The monoisotopic (exact) mass is 285 g/mol. The Kier molecular flexibility index (Phi) is 3.33. The Balaban J connectivity index is 2.21. The van der Waals surface area contributed by atoms with Crippen LogP contribution in [0.3, 0.4) is 0 Å². The molecule has 0 spiro atoms. The second-order valence-corrected chi connectivity index (χ2v) is 5.60. The van der Waals surface area contributed by atoms with Gasteiger partial charge in [-0.1, -0.05) is 13.0 Å². The number of nitrogens with one attached hydrogen (secondary N) is 1. The molecule has 0 atom stereocenters. The minimum atomic E-state index is 0.596. The van der Waals surface area contributed by atoms with Crippen molar-refractivity contribution in [2.24, 2.45) is 5.84 Å². The molecule has 0 unspecified atom stereocenters. The van der Waals surface area contributed by atoms with Crippen molar-refractivity contribution in [1.82, 2.24) is 15.0 Å². The molecule has 102 valence electrons. The molecular formula is C14H15N5S. The normalized spacial score (nSPS) is 10.9. The molecule has 3 aromatic rings. The average Bonchev–Trinajstić information content (AvgIpc) is 2.89. The lowest BCUT2D eigenvalue weighted by Gasteiger charge is -2.05. The highest BCUT2D eigenvalue weighted by Crippen LogP contribution is 2.30. The molecule has 20 heavy (non-hydrogen) atoms. The van der Waals surface area contributed by atoms with E-state index in [9.17, 15) is 0 Å². The molecule has 3 aromatic heterocycles. The van der Waals surface area contributed by atoms with E-state index in [1.165, 1.54) is 4.88 Å². The summed E-state index contributed by atoms with van der Waals surface area (Å²) in [4.78, 5) is 15.7. The molecular weight excluding hydrogens is 270 g/mol. The fourth-order valence-electron chi connectivity index (χ4n) is 2.04. The maximum absolute atomic E-state index is 5.59. The van der Waals surface area contributed by atoms with Gasteiger partial charge in [0, 0.05) is 10.6 Å². The summed E-state index contributed by atoms with van der Waals surface area (Å²) >= 11 is 1.67. The first kappa shape index (κ1) is 13.0. The van der Waals surface area contributed by atoms with Crippen molar-refractivity contribution < 1.29 is 0 Å². The Hall–Kier alpha value is -2.05. The van der Waals surface area contributed by atoms with E-state index < -0.39 is 0 Å². The van der Waals surface area contributed by atoms with Crippen molar-refractivity contribution in [2.75, 3.05) is 5.43 Å². The molecule has 0 radical (unpaired) electrons. The van der Waals surface area contributed by atoms with Gasteiger partial charge in [0.05, 0.1) is 5.39 Å². The molecule has 0 aliphatic carbocycles. The third-order valence-corrected chi connectivity index (χ3v) is 4.22. The smallest absolute Gasteiger partial charge is 0.181 e. The number of anilines is 1. The Bertz CT molecular complexity index is 765. The molecule has 0 saturated carbocycles. The summed E-state index contributed by atoms with van der Waals surface area (Å²) in [6.45, 7) is 4.07. The van der Waals surface area contributed by atoms with Gasteiger partial charge in [-0.15, -0.1) is 11.3 Å². The van der Waals surface area contributed by atoms with Gasteiger partial charge in [0.2, 0.25) is 0 Å². The van der Waals surface area contributed by atoms with Crippen molar-refractivity contribution in [3.8, 4) is 11.5 Å². The Morgan fingerprint density at radius 2 is 2.10 bits per heavy atom. The van der Waals surface area contributed by atoms with Gasteiger partial charge in [0.1, 0.15) is 10.5 Å². The highest BCUT2D eigenvalue weighted by molar-refractivity contribution is 7.18. The van der Waals surface area contributed by atoms with E-state index in [1.54, 1.807) is 11.3 Å². The van der Waals surface area contributed by atoms with Crippen LogP contribution in [0.2, 0.25) is 0 Å². The standard InChI is InChI=1S/C14H15N5S/c1-3-9-7-10-12(19-15)17-13(18-14(10)20-9)11-6-4-5-8(2)16-11/h4-7H,3,15H2,1-2H3,(H,17,18,19). The third kappa shape index (κ3) is 2.23. The van der Waals surface area contributed by atoms with Crippen molar-refractivity contribution in [3.63, 3.8) is 0 Å². The zero-order valence-corrected chi connectivity index (χ0v) is 12.2. The lowest BCUT2D eigenvalue weighted by atomic mass is 10.2. The summed E-state index contributed by atoms with van der Waals surface area (Å²) < 4.78 is 0. The zero-order valence-electron chi connectivity index (χ0n) is 11.3. The summed E-state index contributed by atoms with van der Waals surface area (Å²) in [5.74, 6) is 6.83. The van der Waals surface area contributed by atoms with Crippen LogP contribution in [0, 0.1) is 6.92 Å². The Labute approximate surface area is 120 Å². The SMILES string of the molecule is CCc1cc2c(NN)nc(-c3cccc(C)n3)nc2s1. The number of pyridine rings is 1. The van der Waals surface area contributed by atoms with E-state index in [1.807, 2.05) is 25.1 Å². The first-order chi connectivity index (χ1) is 9.71. The van der Waals surface area contributed by atoms with E-state index in [2.05, 4.69) is 33.4 Å². The lowest BCUT2D eigenvalue weighted by molar-refractivity contribution is 1.13. The van der Waals surface area contributed by atoms with Crippen molar-refractivity contribution in [3.05, 3.63) is 34.8 Å². The third-order valence-electron chi connectivity index (χ3n) is 3.05. The number of hydrogen-bond donors (Lipinski definition) is 2. The van der Waals surface area contributed by atoms with Crippen LogP contribution in [-0.2, 0) is 6.42 Å². The Morgan fingerprint density at radius 1 is 1.25 bits per heavy atom. The number of hydrazine groups is 1. The van der Waals surface area contributed by atoms with Gasteiger partial charge in [0.25, 0.3) is 0 Å². The van der Waals surface area contributed by atoms with Crippen LogP contribution < -0.4 is 11.3 Å². The molecule has 5 nitrogen and oxygen atoms in total. The van der Waals surface area contributed by atoms with Crippen LogP contribution in [-0.4, -0.2) is 15.0 Å². The maximum atomic E-state index is 5.59. The summed E-state index contributed by atoms with van der Waals surface area (Å²) in [6.07, 6.45) is 0.975. The van der Waals surface area contributed by atoms with Crippen molar-refractivity contribution >= 4 is 27.4 Å². The molecule has 0 aliphatic rings. The van der Waals surface area contributed by atoms with E-state index >= 15 is 0 Å². The summed E-state index contributed by atoms with van der Waals surface area (Å²) in [5, 5.41) is 0.964. The van der Waals surface area contributed by atoms with Crippen molar-refractivity contribution in [1.29, 1.82) is 0 Å². The van der Waals surface area contributed by atoms with Gasteiger partial charge < -0.3 is 5.43 Å². The van der Waals surface area contributed by atoms with Gasteiger partial charge in [-0.2, -0.15) is 0 Å². The van der Waals surface area contributed by atoms with E-state index in [4.69, 9.17) is 5.84 Å². The predicted octanol–water partition coefficient (Wildman–Crippen LogP) is 2.91. The van der Waals surface area contributed by atoms with Crippen LogP contribution in [0.5, 0.6) is 0 Å². The number of nitrogens with zero attached hydrogens (tertiary/aromatic N) is 3. The van der Waals surface area contributed by atoms with Crippen LogP contribution in [0.25, 0.3) is 21.7 Å².